The summed E-state index contributed by atoms with van der Waals surface area (Å²) >= 11 is 0. The van der Waals surface area contributed by atoms with Gasteiger partial charge in [0.2, 0.25) is 0 Å². The van der Waals surface area contributed by atoms with Gasteiger partial charge in [0.25, 0.3) is 0 Å². The van der Waals surface area contributed by atoms with Crippen molar-refractivity contribution in [3.63, 3.8) is 0 Å². The van der Waals surface area contributed by atoms with E-state index in [9.17, 15) is 0 Å². The average molecular weight is 171 g/mol. The molecule has 1 saturated carbocycles. The first-order chi connectivity index (χ1) is 5.88. The molecule has 1 aliphatic carbocycles. The summed E-state index contributed by atoms with van der Waals surface area (Å²) in [6.07, 6.45) is 6.49. The molecule has 0 aromatic heterocycles. The normalized spacial score (nSPS) is 19.2. The summed E-state index contributed by atoms with van der Waals surface area (Å²) in [6.45, 7) is 4.78. The maximum atomic E-state index is 8.73. The van der Waals surface area contributed by atoms with Crippen molar-refractivity contribution >= 4 is 0 Å². The molecule has 0 spiro atoms. The molecule has 0 aliphatic heterocycles. The van der Waals surface area contributed by atoms with Gasteiger partial charge in [0.05, 0.1) is 0 Å². The van der Waals surface area contributed by atoms with Crippen molar-refractivity contribution in [3.8, 4) is 0 Å². The molecule has 0 saturated heterocycles. The van der Waals surface area contributed by atoms with Crippen LogP contribution in [-0.2, 0) is 0 Å². The van der Waals surface area contributed by atoms with Crippen LogP contribution in [-0.4, -0.2) is 35.7 Å². The molecule has 12 heavy (non-hydrogen) atoms. The third kappa shape index (κ3) is 2.76. The summed E-state index contributed by atoms with van der Waals surface area (Å²) in [6, 6.07) is 0.821. The van der Waals surface area contributed by atoms with Crippen molar-refractivity contribution < 1.29 is 5.11 Å². The van der Waals surface area contributed by atoms with Gasteiger partial charge in [0.1, 0.15) is 0 Å². The molecule has 0 radical (unpaired) electrons. The summed E-state index contributed by atoms with van der Waals surface area (Å²) < 4.78 is 0. The summed E-state index contributed by atoms with van der Waals surface area (Å²) in [5.74, 6) is 0. The van der Waals surface area contributed by atoms with Crippen LogP contribution in [0, 0.1) is 0 Å². The lowest BCUT2D eigenvalue weighted by Gasteiger charge is -2.26. The smallest absolute Gasteiger partial charge is 0.0443 e. The van der Waals surface area contributed by atoms with Crippen LogP contribution in [0.15, 0.2) is 0 Å². The van der Waals surface area contributed by atoms with Gasteiger partial charge in [0, 0.05) is 19.2 Å². The highest BCUT2D eigenvalue weighted by Crippen LogP contribution is 2.23. The molecule has 72 valence electrons. The van der Waals surface area contributed by atoms with Gasteiger partial charge in [-0.2, -0.15) is 0 Å². The third-order valence-corrected chi connectivity index (χ3v) is 2.85. The summed E-state index contributed by atoms with van der Waals surface area (Å²) in [7, 11) is 0. The topological polar surface area (TPSA) is 23.5 Å². The molecular weight excluding hydrogens is 150 g/mol. The Morgan fingerprint density at radius 3 is 2.50 bits per heavy atom. The van der Waals surface area contributed by atoms with E-state index in [1.54, 1.807) is 0 Å². The molecule has 0 unspecified atom stereocenters. The minimum absolute atomic E-state index is 0.337. The Morgan fingerprint density at radius 2 is 2.00 bits per heavy atom. The van der Waals surface area contributed by atoms with E-state index >= 15 is 0 Å². The molecule has 1 N–H and O–H groups in total. The predicted octanol–water partition coefficient (Wildman–Crippen LogP) is 1.63. The first-order valence-corrected chi connectivity index (χ1v) is 5.23. The Kier molecular flexibility index (Phi) is 4.62. The molecule has 0 amide bonds. The summed E-state index contributed by atoms with van der Waals surface area (Å²) in [5.41, 5.74) is 0. The van der Waals surface area contributed by atoms with Crippen LogP contribution in [0.4, 0.5) is 0 Å². The molecule has 2 heteroatoms. The maximum Gasteiger partial charge on any atom is 0.0443 e. The maximum absolute atomic E-state index is 8.73. The standard InChI is InChI=1S/C10H21NO/c1-2-11(8-5-9-12)10-6-3-4-7-10/h10,12H,2-9H2,1H3. The third-order valence-electron chi connectivity index (χ3n) is 2.85. The zero-order chi connectivity index (χ0) is 8.81. The number of aliphatic hydroxyl groups excluding tert-OH is 1. The first-order valence-electron chi connectivity index (χ1n) is 5.23. The van der Waals surface area contributed by atoms with Crippen molar-refractivity contribution in [1.82, 2.24) is 4.90 Å². The van der Waals surface area contributed by atoms with Crippen molar-refractivity contribution in [2.45, 2.75) is 45.1 Å². The van der Waals surface area contributed by atoms with E-state index in [1.807, 2.05) is 0 Å². The number of rotatable bonds is 5. The molecule has 2 nitrogen and oxygen atoms in total. The minimum atomic E-state index is 0.337. The van der Waals surface area contributed by atoms with Crippen molar-refractivity contribution in [3.05, 3.63) is 0 Å². The van der Waals surface area contributed by atoms with Gasteiger partial charge in [-0.25, -0.2) is 0 Å². The van der Waals surface area contributed by atoms with Crippen LogP contribution < -0.4 is 0 Å². The molecular formula is C10H21NO. The Labute approximate surface area is 75.6 Å². The van der Waals surface area contributed by atoms with Crippen LogP contribution in [0.3, 0.4) is 0 Å². The van der Waals surface area contributed by atoms with Gasteiger partial charge in [-0.05, 0) is 25.8 Å². The quantitative estimate of drug-likeness (QED) is 0.679. The van der Waals surface area contributed by atoms with E-state index in [-0.39, 0.29) is 0 Å². The highest BCUT2D eigenvalue weighted by Gasteiger charge is 2.20. The van der Waals surface area contributed by atoms with Crippen LogP contribution in [0.1, 0.15) is 39.0 Å². The monoisotopic (exact) mass is 171 g/mol. The fraction of sp³-hybridized carbons (Fsp3) is 1.00. The van der Waals surface area contributed by atoms with E-state index in [2.05, 4.69) is 11.8 Å². The molecule has 0 atom stereocenters. The zero-order valence-electron chi connectivity index (χ0n) is 8.13. The highest BCUT2D eigenvalue weighted by molar-refractivity contribution is 4.76. The molecule has 0 bridgehead atoms. The van der Waals surface area contributed by atoms with Gasteiger partial charge in [-0.1, -0.05) is 19.8 Å². The van der Waals surface area contributed by atoms with Gasteiger partial charge >= 0.3 is 0 Å². The predicted molar refractivity (Wildman–Crippen MR) is 51.2 cm³/mol. The number of nitrogens with zero attached hydrogens (tertiary/aromatic N) is 1. The lowest BCUT2D eigenvalue weighted by atomic mass is 10.2. The average Bonchev–Trinajstić information content (AvgIpc) is 2.59. The largest absolute Gasteiger partial charge is 0.396 e. The fourth-order valence-electron chi connectivity index (χ4n) is 2.14. The Hall–Kier alpha value is -0.0800. The van der Waals surface area contributed by atoms with Crippen LogP contribution >= 0.6 is 0 Å². The summed E-state index contributed by atoms with van der Waals surface area (Å²) in [5, 5.41) is 8.73. The minimum Gasteiger partial charge on any atom is -0.396 e. The Balaban J connectivity index is 2.22. The lowest BCUT2D eigenvalue weighted by molar-refractivity contribution is 0.183. The molecule has 0 aromatic rings. The van der Waals surface area contributed by atoms with Crippen LogP contribution in [0.2, 0.25) is 0 Å². The van der Waals surface area contributed by atoms with E-state index in [4.69, 9.17) is 5.11 Å². The second-order valence-electron chi connectivity index (χ2n) is 3.64. The molecule has 1 rings (SSSR count). The number of hydrogen-bond acceptors (Lipinski definition) is 2. The van der Waals surface area contributed by atoms with Gasteiger partial charge in [-0.3, -0.25) is 0 Å². The highest BCUT2D eigenvalue weighted by atomic mass is 16.3. The van der Waals surface area contributed by atoms with E-state index < -0.39 is 0 Å². The number of hydrogen-bond donors (Lipinski definition) is 1. The number of aliphatic hydroxyl groups is 1. The van der Waals surface area contributed by atoms with Crippen LogP contribution in [0.25, 0.3) is 0 Å². The second-order valence-corrected chi connectivity index (χ2v) is 3.64. The molecule has 1 fully saturated rings. The molecule has 1 aliphatic rings. The van der Waals surface area contributed by atoms with Gasteiger partial charge in [0.15, 0.2) is 0 Å². The Bertz CT molecular complexity index is 110. The van der Waals surface area contributed by atoms with Crippen molar-refractivity contribution in [1.29, 1.82) is 0 Å². The van der Waals surface area contributed by atoms with E-state index in [0.717, 1.165) is 25.6 Å². The fourth-order valence-corrected chi connectivity index (χ4v) is 2.14. The SMILES string of the molecule is CCN(CCCO)C1CCCC1. The van der Waals surface area contributed by atoms with E-state index in [0.29, 0.717) is 6.61 Å². The second kappa shape index (κ2) is 5.55. The zero-order valence-corrected chi connectivity index (χ0v) is 8.13. The Morgan fingerprint density at radius 1 is 1.33 bits per heavy atom. The molecule has 0 heterocycles. The van der Waals surface area contributed by atoms with Gasteiger partial charge in [-0.15, -0.1) is 0 Å². The van der Waals surface area contributed by atoms with Crippen LogP contribution in [0.5, 0.6) is 0 Å². The van der Waals surface area contributed by atoms with Crippen molar-refractivity contribution in [2.75, 3.05) is 19.7 Å². The lowest BCUT2D eigenvalue weighted by Crippen LogP contribution is -2.34. The van der Waals surface area contributed by atoms with Gasteiger partial charge < -0.3 is 10.0 Å². The molecule has 0 aromatic carbocycles. The van der Waals surface area contributed by atoms with Crippen molar-refractivity contribution in [2.24, 2.45) is 0 Å². The summed E-state index contributed by atoms with van der Waals surface area (Å²) in [4.78, 5) is 2.52. The first kappa shape index (κ1) is 10.0. The van der Waals surface area contributed by atoms with E-state index in [1.165, 1.54) is 25.7 Å².